The zero-order valence-electron chi connectivity index (χ0n) is 8.94. The average Bonchev–Trinajstić information content (AvgIpc) is 2.29. The predicted octanol–water partition coefficient (Wildman–Crippen LogP) is 3.48. The van der Waals surface area contributed by atoms with Gasteiger partial charge < -0.3 is 0 Å². The molecule has 0 aliphatic carbocycles. The SMILES string of the molecule is CCc1cncc(Cl)n1.Clc1cncc(Cl)n1. The van der Waals surface area contributed by atoms with E-state index in [0.29, 0.717) is 15.5 Å². The lowest BCUT2D eigenvalue weighted by molar-refractivity contribution is 1.00. The summed E-state index contributed by atoms with van der Waals surface area (Å²) in [5, 5.41) is 1.10. The summed E-state index contributed by atoms with van der Waals surface area (Å²) in [4.78, 5) is 15.2. The van der Waals surface area contributed by atoms with E-state index in [1.165, 1.54) is 18.6 Å². The summed E-state index contributed by atoms with van der Waals surface area (Å²) < 4.78 is 0. The van der Waals surface area contributed by atoms with Crippen LogP contribution in [-0.4, -0.2) is 19.9 Å². The van der Waals surface area contributed by atoms with Crippen molar-refractivity contribution in [2.24, 2.45) is 0 Å². The summed E-state index contributed by atoms with van der Waals surface area (Å²) in [5.74, 6) is 0. The van der Waals surface area contributed by atoms with Crippen LogP contribution in [-0.2, 0) is 6.42 Å². The first kappa shape index (κ1) is 14.1. The third kappa shape index (κ3) is 5.77. The molecule has 0 aromatic carbocycles. The van der Waals surface area contributed by atoms with Gasteiger partial charge in [0.2, 0.25) is 0 Å². The third-order valence-electron chi connectivity index (χ3n) is 1.59. The second kappa shape index (κ2) is 7.37. The Morgan fingerprint density at radius 1 is 0.824 bits per heavy atom. The van der Waals surface area contributed by atoms with Gasteiger partial charge in [-0.25, -0.2) is 9.97 Å². The van der Waals surface area contributed by atoms with Crippen LogP contribution in [0.25, 0.3) is 0 Å². The van der Waals surface area contributed by atoms with Crippen molar-refractivity contribution >= 4 is 34.8 Å². The molecule has 0 unspecified atom stereocenters. The Hall–Kier alpha value is -0.970. The van der Waals surface area contributed by atoms with Gasteiger partial charge in [-0.15, -0.1) is 0 Å². The van der Waals surface area contributed by atoms with Crippen LogP contribution in [0.2, 0.25) is 15.5 Å². The molecule has 0 spiro atoms. The van der Waals surface area contributed by atoms with E-state index in [1.807, 2.05) is 6.92 Å². The normalized spacial score (nSPS) is 9.41. The van der Waals surface area contributed by atoms with Crippen molar-refractivity contribution in [2.45, 2.75) is 13.3 Å². The third-order valence-corrected chi connectivity index (χ3v) is 2.14. The number of hydrogen-bond acceptors (Lipinski definition) is 4. The fraction of sp³-hybridized carbons (Fsp3) is 0.200. The van der Waals surface area contributed by atoms with E-state index in [1.54, 1.807) is 6.20 Å². The van der Waals surface area contributed by atoms with Crippen molar-refractivity contribution in [3.63, 3.8) is 0 Å². The Kier molecular flexibility index (Phi) is 6.11. The second-order valence-corrected chi connectivity index (χ2v) is 4.01. The summed E-state index contributed by atoms with van der Waals surface area (Å²) >= 11 is 16.3. The van der Waals surface area contributed by atoms with Crippen LogP contribution in [0.3, 0.4) is 0 Å². The number of aromatic nitrogens is 4. The molecule has 4 nitrogen and oxygen atoms in total. The van der Waals surface area contributed by atoms with E-state index in [9.17, 15) is 0 Å². The highest BCUT2D eigenvalue weighted by atomic mass is 35.5. The number of halogens is 3. The van der Waals surface area contributed by atoms with E-state index in [4.69, 9.17) is 34.8 Å². The number of aryl methyl sites for hydroxylation is 1. The molecule has 0 bridgehead atoms. The summed E-state index contributed by atoms with van der Waals surface area (Å²) in [6.07, 6.45) is 6.97. The van der Waals surface area contributed by atoms with E-state index < -0.39 is 0 Å². The summed E-state index contributed by atoms with van der Waals surface area (Å²) in [6, 6.07) is 0. The van der Waals surface area contributed by atoms with Crippen LogP contribution in [0, 0.1) is 0 Å². The minimum absolute atomic E-state index is 0.317. The van der Waals surface area contributed by atoms with Gasteiger partial charge in [-0.2, -0.15) is 0 Å². The molecule has 0 aliphatic rings. The van der Waals surface area contributed by atoms with Gasteiger partial charge in [0.15, 0.2) is 0 Å². The summed E-state index contributed by atoms with van der Waals surface area (Å²) in [6.45, 7) is 2.01. The zero-order valence-corrected chi connectivity index (χ0v) is 11.2. The Morgan fingerprint density at radius 3 is 1.59 bits per heavy atom. The van der Waals surface area contributed by atoms with E-state index >= 15 is 0 Å². The first-order valence-electron chi connectivity index (χ1n) is 4.71. The van der Waals surface area contributed by atoms with Crippen molar-refractivity contribution in [3.05, 3.63) is 45.9 Å². The van der Waals surface area contributed by atoms with Crippen molar-refractivity contribution in [1.82, 2.24) is 19.9 Å². The summed E-state index contributed by atoms with van der Waals surface area (Å²) in [7, 11) is 0. The molecule has 2 aromatic heterocycles. The molecule has 0 saturated carbocycles. The maximum absolute atomic E-state index is 5.55. The van der Waals surface area contributed by atoms with Crippen LogP contribution < -0.4 is 0 Å². The quantitative estimate of drug-likeness (QED) is 0.807. The first-order valence-corrected chi connectivity index (χ1v) is 5.84. The van der Waals surface area contributed by atoms with Crippen molar-refractivity contribution in [1.29, 1.82) is 0 Å². The molecule has 2 heterocycles. The fourth-order valence-electron chi connectivity index (χ4n) is 0.870. The van der Waals surface area contributed by atoms with Crippen LogP contribution in [0.4, 0.5) is 0 Å². The summed E-state index contributed by atoms with van der Waals surface area (Å²) in [5.41, 5.74) is 0.933. The average molecular weight is 292 g/mol. The maximum atomic E-state index is 5.55. The minimum Gasteiger partial charge on any atom is -0.260 e. The highest BCUT2D eigenvalue weighted by Crippen LogP contribution is 2.05. The van der Waals surface area contributed by atoms with Gasteiger partial charge in [0.25, 0.3) is 0 Å². The van der Waals surface area contributed by atoms with Crippen LogP contribution in [0.15, 0.2) is 24.8 Å². The molecule has 0 saturated heterocycles. The molecule has 0 aliphatic heterocycles. The number of nitrogens with zero attached hydrogens (tertiary/aromatic N) is 4. The van der Waals surface area contributed by atoms with Gasteiger partial charge in [0.1, 0.15) is 15.5 Å². The van der Waals surface area contributed by atoms with Gasteiger partial charge >= 0.3 is 0 Å². The lowest BCUT2D eigenvalue weighted by Crippen LogP contribution is -1.87. The van der Waals surface area contributed by atoms with E-state index in [-0.39, 0.29) is 0 Å². The maximum Gasteiger partial charge on any atom is 0.149 e. The standard InChI is InChI=1S/C6H7ClN2.C4H2Cl2N2/c1-2-5-3-8-4-6(7)9-5;5-3-1-7-2-4(6)8-3/h3-4H,2H2,1H3;1-2H. The fourth-order valence-corrected chi connectivity index (χ4v) is 1.37. The topological polar surface area (TPSA) is 51.6 Å². The highest BCUT2D eigenvalue weighted by molar-refractivity contribution is 6.32. The van der Waals surface area contributed by atoms with Gasteiger partial charge in [-0.05, 0) is 6.42 Å². The molecule has 2 aromatic rings. The number of hydrogen-bond donors (Lipinski definition) is 0. The van der Waals surface area contributed by atoms with Gasteiger partial charge in [0, 0.05) is 6.20 Å². The van der Waals surface area contributed by atoms with Gasteiger partial charge in [-0.1, -0.05) is 41.7 Å². The molecular weight excluding hydrogens is 282 g/mol. The lowest BCUT2D eigenvalue weighted by atomic mass is 10.4. The Balaban J connectivity index is 0.000000171. The minimum atomic E-state index is 0.317. The van der Waals surface area contributed by atoms with E-state index in [2.05, 4.69) is 19.9 Å². The van der Waals surface area contributed by atoms with Gasteiger partial charge in [0.05, 0.1) is 24.3 Å². The Morgan fingerprint density at radius 2 is 1.29 bits per heavy atom. The molecule has 0 atom stereocenters. The molecule has 7 heteroatoms. The molecule has 0 fully saturated rings. The van der Waals surface area contributed by atoms with E-state index in [0.717, 1.165) is 12.1 Å². The highest BCUT2D eigenvalue weighted by Gasteiger charge is 1.90. The zero-order chi connectivity index (χ0) is 12.7. The van der Waals surface area contributed by atoms with Crippen molar-refractivity contribution < 1.29 is 0 Å². The lowest BCUT2D eigenvalue weighted by Gasteiger charge is -1.92. The second-order valence-electron chi connectivity index (χ2n) is 2.85. The molecule has 17 heavy (non-hydrogen) atoms. The Bertz CT molecular complexity index is 461. The first-order chi connectivity index (χ1) is 8.11. The molecule has 90 valence electrons. The monoisotopic (exact) mass is 290 g/mol. The molecular formula is C10H9Cl3N4. The smallest absolute Gasteiger partial charge is 0.149 e. The van der Waals surface area contributed by atoms with Crippen LogP contribution in [0.5, 0.6) is 0 Å². The molecule has 2 rings (SSSR count). The van der Waals surface area contributed by atoms with Crippen LogP contribution >= 0.6 is 34.8 Å². The predicted molar refractivity (Wildman–Crippen MR) is 68.5 cm³/mol. The van der Waals surface area contributed by atoms with Crippen molar-refractivity contribution in [2.75, 3.05) is 0 Å². The molecule has 0 radical (unpaired) electrons. The number of rotatable bonds is 1. The largest absolute Gasteiger partial charge is 0.260 e. The van der Waals surface area contributed by atoms with Crippen LogP contribution in [0.1, 0.15) is 12.6 Å². The molecule has 0 amide bonds. The molecule has 0 N–H and O–H groups in total. The van der Waals surface area contributed by atoms with Gasteiger partial charge in [-0.3, -0.25) is 9.97 Å². The van der Waals surface area contributed by atoms with Crippen molar-refractivity contribution in [3.8, 4) is 0 Å². The Labute approximate surface area is 114 Å².